The molecule has 0 saturated heterocycles. The van der Waals surface area contributed by atoms with E-state index < -0.39 is 0 Å². The van der Waals surface area contributed by atoms with E-state index in [1.807, 2.05) is 23.9 Å². The van der Waals surface area contributed by atoms with Crippen LogP contribution in [-0.2, 0) is 32.9 Å². The van der Waals surface area contributed by atoms with Crippen molar-refractivity contribution >= 4 is 11.6 Å². The summed E-state index contributed by atoms with van der Waals surface area (Å²) in [7, 11) is 2.00. The summed E-state index contributed by atoms with van der Waals surface area (Å²) < 4.78 is 1.96. The SMILES string of the molecule is CCc1ccc(NC(N)=NCc2c3c(nn2C)CCCC3)cc1. The molecule has 5 heteroatoms. The maximum absolute atomic E-state index is 6.03. The summed E-state index contributed by atoms with van der Waals surface area (Å²) in [5.41, 5.74) is 12.1. The Hall–Kier alpha value is -2.30. The molecule has 0 spiro atoms. The van der Waals surface area contributed by atoms with Gasteiger partial charge in [0.05, 0.1) is 17.9 Å². The summed E-state index contributed by atoms with van der Waals surface area (Å²) in [5, 5.41) is 7.77. The van der Waals surface area contributed by atoms with Gasteiger partial charge in [0, 0.05) is 12.7 Å². The number of aromatic nitrogens is 2. The monoisotopic (exact) mass is 311 g/mol. The van der Waals surface area contributed by atoms with E-state index in [1.54, 1.807) is 0 Å². The summed E-state index contributed by atoms with van der Waals surface area (Å²) in [5.74, 6) is 0.444. The number of anilines is 1. The van der Waals surface area contributed by atoms with Crippen molar-refractivity contribution in [2.75, 3.05) is 5.32 Å². The Labute approximate surface area is 137 Å². The molecule has 0 radical (unpaired) electrons. The van der Waals surface area contributed by atoms with Crippen LogP contribution in [0.1, 0.15) is 42.3 Å². The topological polar surface area (TPSA) is 68.2 Å². The molecule has 3 rings (SSSR count). The molecule has 0 unspecified atom stereocenters. The van der Waals surface area contributed by atoms with Gasteiger partial charge in [-0.1, -0.05) is 19.1 Å². The van der Waals surface area contributed by atoms with Gasteiger partial charge in [-0.3, -0.25) is 4.68 Å². The van der Waals surface area contributed by atoms with Crippen molar-refractivity contribution in [3.8, 4) is 0 Å². The third-order valence-electron chi connectivity index (χ3n) is 4.48. The second-order valence-corrected chi connectivity index (χ2v) is 6.08. The van der Waals surface area contributed by atoms with Crippen molar-refractivity contribution in [1.82, 2.24) is 9.78 Å². The molecule has 23 heavy (non-hydrogen) atoms. The standard InChI is InChI=1S/C18H25N5/c1-3-13-8-10-14(11-9-13)21-18(19)20-12-17-15-6-4-5-7-16(15)22-23(17)2/h8-11H,3-7,12H2,1-2H3,(H3,19,20,21). The van der Waals surface area contributed by atoms with Crippen LogP contribution in [-0.4, -0.2) is 15.7 Å². The third-order valence-corrected chi connectivity index (χ3v) is 4.48. The van der Waals surface area contributed by atoms with Gasteiger partial charge < -0.3 is 11.1 Å². The Balaban J connectivity index is 1.68. The van der Waals surface area contributed by atoms with Crippen LogP contribution in [0, 0.1) is 0 Å². The molecule has 3 N–H and O–H groups in total. The number of fused-ring (bicyclic) bond motifs is 1. The summed E-state index contributed by atoms with van der Waals surface area (Å²) >= 11 is 0. The van der Waals surface area contributed by atoms with Crippen LogP contribution in [0.15, 0.2) is 29.3 Å². The first-order chi connectivity index (χ1) is 11.2. The highest BCUT2D eigenvalue weighted by Crippen LogP contribution is 2.24. The van der Waals surface area contributed by atoms with Crippen molar-refractivity contribution in [3.63, 3.8) is 0 Å². The quantitative estimate of drug-likeness (QED) is 0.674. The molecule has 1 aromatic carbocycles. The minimum Gasteiger partial charge on any atom is -0.370 e. The minimum atomic E-state index is 0.444. The molecule has 0 atom stereocenters. The molecule has 0 bridgehead atoms. The molecular weight excluding hydrogens is 286 g/mol. The summed E-state index contributed by atoms with van der Waals surface area (Å²) in [6, 6.07) is 8.28. The number of hydrogen-bond acceptors (Lipinski definition) is 2. The van der Waals surface area contributed by atoms with Crippen LogP contribution >= 0.6 is 0 Å². The Morgan fingerprint density at radius 2 is 2.00 bits per heavy atom. The molecule has 0 fully saturated rings. The fourth-order valence-electron chi connectivity index (χ4n) is 3.12. The number of rotatable bonds is 4. The zero-order chi connectivity index (χ0) is 16.2. The number of hydrogen-bond donors (Lipinski definition) is 2. The lowest BCUT2D eigenvalue weighted by Crippen LogP contribution is -2.22. The highest BCUT2D eigenvalue weighted by atomic mass is 15.3. The number of nitrogens with zero attached hydrogens (tertiary/aromatic N) is 3. The van der Waals surface area contributed by atoms with E-state index in [4.69, 9.17) is 5.73 Å². The lowest BCUT2D eigenvalue weighted by Gasteiger charge is -2.11. The normalized spacial score (nSPS) is 14.6. The average molecular weight is 311 g/mol. The Morgan fingerprint density at radius 1 is 1.26 bits per heavy atom. The van der Waals surface area contributed by atoms with Gasteiger partial charge in [-0.05, 0) is 55.4 Å². The fourth-order valence-corrected chi connectivity index (χ4v) is 3.12. The highest BCUT2D eigenvalue weighted by molar-refractivity contribution is 5.92. The molecule has 5 nitrogen and oxygen atoms in total. The first kappa shape index (κ1) is 15.6. The molecular formula is C18H25N5. The Bertz CT molecular complexity index is 697. The van der Waals surface area contributed by atoms with Crippen molar-refractivity contribution in [1.29, 1.82) is 0 Å². The predicted molar refractivity (Wildman–Crippen MR) is 94.6 cm³/mol. The zero-order valence-corrected chi connectivity index (χ0v) is 14.0. The first-order valence-corrected chi connectivity index (χ1v) is 8.37. The number of benzene rings is 1. The number of nitrogens with one attached hydrogen (secondary N) is 1. The van der Waals surface area contributed by atoms with E-state index in [1.165, 1.54) is 35.4 Å². The number of nitrogens with two attached hydrogens (primary N) is 1. The summed E-state index contributed by atoms with van der Waals surface area (Å²) in [4.78, 5) is 4.50. The maximum atomic E-state index is 6.03. The number of aryl methyl sites for hydroxylation is 3. The molecule has 0 amide bonds. The van der Waals surface area contributed by atoms with Crippen molar-refractivity contribution < 1.29 is 0 Å². The van der Waals surface area contributed by atoms with Gasteiger partial charge in [0.1, 0.15) is 0 Å². The molecule has 2 aromatic rings. The fraction of sp³-hybridized carbons (Fsp3) is 0.444. The first-order valence-electron chi connectivity index (χ1n) is 8.37. The average Bonchev–Trinajstić information content (AvgIpc) is 2.89. The Morgan fingerprint density at radius 3 is 2.74 bits per heavy atom. The maximum Gasteiger partial charge on any atom is 0.193 e. The molecule has 1 heterocycles. The van der Waals surface area contributed by atoms with Gasteiger partial charge >= 0.3 is 0 Å². The number of aliphatic imine (C=N–C) groups is 1. The Kier molecular flexibility index (Phi) is 4.65. The van der Waals surface area contributed by atoms with Gasteiger partial charge in [0.25, 0.3) is 0 Å². The van der Waals surface area contributed by atoms with Crippen molar-refractivity contribution in [2.45, 2.75) is 45.6 Å². The molecule has 1 aromatic heterocycles. The highest BCUT2D eigenvalue weighted by Gasteiger charge is 2.18. The lowest BCUT2D eigenvalue weighted by atomic mass is 9.96. The molecule has 122 valence electrons. The van der Waals surface area contributed by atoms with Crippen molar-refractivity contribution in [2.24, 2.45) is 17.8 Å². The molecule has 0 saturated carbocycles. The van der Waals surface area contributed by atoms with E-state index in [2.05, 4.69) is 34.5 Å². The van der Waals surface area contributed by atoms with Crippen LogP contribution < -0.4 is 11.1 Å². The lowest BCUT2D eigenvalue weighted by molar-refractivity contribution is 0.663. The van der Waals surface area contributed by atoms with E-state index in [9.17, 15) is 0 Å². The van der Waals surface area contributed by atoms with Crippen molar-refractivity contribution in [3.05, 3.63) is 46.8 Å². The van der Waals surface area contributed by atoms with Gasteiger partial charge in [-0.25, -0.2) is 4.99 Å². The summed E-state index contributed by atoms with van der Waals surface area (Å²) in [6.07, 6.45) is 5.72. The largest absolute Gasteiger partial charge is 0.370 e. The van der Waals surface area contributed by atoms with Gasteiger partial charge in [0.15, 0.2) is 5.96 Å². The van der Waals surface area contributed by atoms with Crippen LogP contribution in [0.3, 0.4) is 0 Å². The van der Waals surface area contributed by atoms with Crippen LogP contribution in [0.2, 0.25) is 0 Å². The van der Waals surface area contributed by atoms with E-state index >= 15 is 0 Å². The van der Waals surface area contributed by atoms with E-state index in [0.29, 0.717) is 12.5 Å². The molecule has 1 aliphatic rings. The van der Waals surface area contributed by atoms with Crippen LogP contribution in [0.5, 0.6) is 0 Å². The summed E-state index contributed by atoms with van der Waals surface area (Å²) in [6.45, 7) is 2.72. The second kappa shape index (κ2) is 6.86. The van der Waals surface area contributed by atoms with E-state index in [0.717, 1.165) is 24.9 Å². The van der Waals surface area contributed by atoms with E-state index in [-0.39, 0.29) is 0 Å². The van der Waals surface area contributed by atoms with Gasteiger partial charge in [0.2, 0.25) is 0 Å². The smallest absolute Gasteiger partial charge is 0.193 e. The minimum absolute atomic E-state index is 0.444. The second-order valence-electron chi connectivity index (χ2n) is 6.08. The van der Waals surface area contributed by atoms with Gasteiger partial charge in [-0.15, -0.1) is 0 Å². The third kappa shape index (κ3) is 3.55. The predicted octanol–water partition coefficient (Wildman–Crippen LogP) is 2.79. The number of guanidine groups is 1. The van der Waals surface area contributed by atoms with Crippen LogP contribution in [0.25, 0.3) is 0 Å². The van der Waals surface area contributed by atoms with Crippen LogP contribution in [0.4, 0.5) is 5.69 Å². The van der Waals surface area contributed by atoms with Gasteiger partial charge in [-0.2, -0.15) is 5.10 Å². The molecule has 1 aliphatic carbocycles. The zero-order valence-electron chi connectivity index (χ0n) is 14.0. The molecule has 0 aliphatic heterocycles.